The number of hydrogen-bond donors (Lipinski definition) is 3. The summed E-state index contributed by atoms with van der Waals surface area (Å²) in [6.07, 6.45) is 0.752. The average Bonchev–Trinajstić information content (AvgIpc) is 3.05. The van der Waals surface area contributed by atoms with Crippen LogP contribution in [0.3, 0.4) is 0 Å². The highest BCUT2D eigenvalue weighted by atomic mass is 32.1. The first-order valence-corrected chi connectivity index (χ1v) is 7.15. The van der Waals surface area contributed by atoms with Crippen molar-refractivity contribution in [3.8, 4) is 0 Å². The lowest BCUT2D eigenvalue weighted by molar-refractivity contribution is 0.0528. The molecule has 2 aromatic heterocycles. The Morgan fingerprint density at radius 1 is 1.48 bits per heavy atom. The van der Waals surface area contributed by atoms with Crippen molar-refractivity contribution in [3.63, 3.8) is 0 Å². The topological polar surface area (TPSA) is 123 Å². The average molecular weight is 309 g/mol. The van der Waals surface area contributed by atoms with Crippen LogP contribution in [0.5, 0.6) is 0 Å². The molecule has 2 rings (SSSR count). The number of nitrogens with one attached hydrogen (secondary N) is 2. The summed E-state index contributed by atoms with van der Waals surface area (Å²) < 4.78 is 4.98. The summed E-state index contributed by atoms with van der Waals surface area (Å²) in [6, 6.07) is 1.72. The quantitative estimate of drug-likeness (QED) is 0.718. The number of rotatable bonds is 5. The van der Waals surface area contributed by atoms with Gasteiger partial charge in [0.2, 0.25) is 11.8 Å². The number of nitrogens with zero attached hydrogens (tertiary/aromatic N) is 2. The van der Waals surface area contributed by atoms with Crippen LogP contribution in [-0.4, -0.2) is 33.7 Å². The molecule has 0 aliphatic carbocycles. The number of esters is 1. The highest BCUT2D eigenvalue weighted by Crippen LogP contribution is 2.29. The van der Waals surface area contributed by atoms with E-state index < -0.39 is 11.9 Å². The van der Waals surface area contributed by atoms with Crippen molar-refractivity contribution in [2.45, 2.75) is 20.3 Å². The second kappa shape index (κ2) is 6.35. The van der Waals surface area contributed by atoms with Gasteiger partial charge in [-0.05, 0) is 19.4 Å². The van der Waals surface area contributed by atoms with Crippen LogP contribution in [-0.2, 0) is 11.2 Å². The minimum absolute atomic E-state index is 0.0197. The molecule has 8 nitrogen and oxygen atoms in total. The number of amides is 1. The Labute approximate surface area is 124 Å². The Morgan fingerprint density at radius 3 is 2.81 bits per heavy atom. The zero-order chi connectivity index (χ0) is 15.4. The van der Waals surface area contributed by atoms with E-state index in [0.29, 0.717) is 10.6 Å². The van der Waals surface area contributed by atoms with E-state index in [1.54, 1.807) is 13.0 Å². The van der Waals surface area contributed by atoms with Gasteiger partial charge in [-0.3, -0.25) is 9.89 Å². The van der Waals surface area contributed by atoms with Gasteiger partial charge in [0.05, 0.1) is 12.2 Å². The van der Waals surface area contributed by atoms with Crippen molar-refractivity contribution in [3.05, 3.63) is 22.3 Å². The van der Waals surface area contributed by atoms with E-state index in [1.165, 1.54) is 11.3 Å². The third-order valence-corrected chi connectivity index (χ3v) is 3.77. The second-order valence-electron chi connectivity index (χ2n) is 4.03. The molecule has 0 atom stereocenters. The first-order chi connectivity index (χ1) is 10.0. The molecule has 9 heteroatoms. The van der Waals surface area contributed by atoms with E-state index >= 15 is 0 Å². The number of carbonyl (C=O) groups is 2. The van der Waals surface area contributed by atoms with E-state index in [1.807, 2.05) is 6.92 Å². The molecule has 2 aromatic rings. The Balaban J connectivity index is 2.24. The third kappa shape index (κ3) is 3.37. The van der Waals surface area contributed by atoms with Crippen LogP contribution < -0.4 is 11.1 Å². The van der Waals surface area contributed by atoms with Crippen molar-refractivity contribution in [1.82, 2.24) is 15.2 Å². The molecule has 0 saturated heterocycles. The van der Waals surface area contributed by atoms with Crippen LogP contribution in [0.1, 0.15) is 39.7 Å². The van der Waals surface area contributed by atoms with Crippen molar-refractivity contribution in [2.75, 3.05) is 17.7 Å². The van der Waals surface area contributed by atoms with Crippen LogP contribution in [0.2, 0.25) is 0 Å². The first kappa shape index (κ1) is 15.0. The first-order valence-electron chi connectivity index (χ1n) is 6.34. The zero-order valence-electron chi connectivity index (χ0n) is 11.6. The molecule has 0 aliphatic rings. The number of thiophene rings is 1. The highest BCUT2D eigenvalue weighted by molar-refractivity contribution is 7.16. The highest BCUT2D eigenvalue weighted by Gasteiger charge is 2.20. The van der Waals surface area contributed by atoms with Crippen molar-refractivity contribution in [1.29, 1.82) is 0 Å². The molecular weight excluding hydrogens is 294 g/mol. The smallest absolute Gasteiger partial charge is 0.341 e. The normalized spacial score (nSPS) is 10.4. The number of H-pyrrole nitrogens is 1. The zero-order valence-corrected chi connectivity index (χ0v) is 12.4. The number of anilines is 2. The fourth-order valence-electron chi connectivity index (χ4n) is 1.61. The lowest BCUT2D eigenvalue weighted by Crippen LogP contribution is -2.15. The van der Waals surface area contributed by atoms with E-state index in [0.717, 1.165) is 11.3 Å². The van der Waals surface area contributed by atoms with Crippen molar-refractivity contribution in [2.24, 2.45) is 0 Å². The molecule has 0 saturated carbocycles. The molecule has 21 heavy (non-hydrogen) atoms. The molecule has 0 bridgehead atoms. The van der Waals surface area contributed by atoms with Gasteiger partial charge in [0.1, 0.15) is 5.00 Å². The lowest BCUT2D eigenvalue weighted by Gasteiger charge is -2.04. The van der Waals surface area contributed by atoms with Gasteiger partial charge in [-0.15, -0.1) is 16.4 Å². The summed E-state index contributed by atoms with van der Waals surface area (Å²) in [7, 11) is 0. The number of nitrogens with two attached hydrogens (primary N) is 1. The summed E-state index contributed by atoms with van der Waals surface area (Å²) in [5, 5.41) is 9.04. The summed E-state index contributed by atoms with van der Waals surface area (Å²) in [5.41, 5.74) is 5.68. The Morgan fingerprint density at radius 2 is 2.24 bits per heavy atom. The predicted molar refractivity (Wildman–Crippen MR) is 78.4 cm³/mol. The summed E-state index contributed by atoms with van der Waals surface area (Å²) in [6.45, 7) is 3.95. The molecule has 0 fully saturated rings. The van der Waals surface area contributed by atoms with Crippen LogP contribution >= 0.6 is 11.3 Å². The molecule has 0 aliphatic heterocycles. The van der Waals surface area contributed by atoms with Gasteiger partial charge >= 0.3 is 5.97 Å². The van der Waals surface area contributed by atoms with Gasteiger partial charge in [-0.1, -0.05) is 6.92 Å². The number of nitrogen functional groups attached to an aromatic ring is 1. The largest absolute Gasteiger partial charge is 0.462 e. The fraction of sp³-hybridized carbons (Fsp3) is 0.333. The number of aromatic nitrogens is 3. The van der Waals surface area contributed by atoms with Crippen LogP contribution in [0.25, 0.3) is 0 Å². The van der Waals surface area contributed by atoms with E-state index in [2.05, 4.69) is 20.5 Å². The Hall–Kier alpha value is -2.42. The van der Waals surface area contributed by atoms with Gasteiger partial charge in [-0.2, -0.15) is 4.98 Å². The summed E-state index contributed by atoms with van der Waals surface area (Å²) in [4.78, 5) is 28.6. The minimum Gasteiger partial charge on any atom is -0.462 e. The molecule has 2 heterocycles. The van der Waals surface area contributed by atoms with Crippen LogP contribution in [0.15, 0.2) is 6.07 Å². The molecule has 4 N–H and O–H groups in total. The lowest BCUT2D eigenvalue weighted by atomic mass is 10.2. The number of aryl methyl sites for hydroxylation is 1. The van der Waals surface area contributed by atoms with E-state index in [9.17, 15) is 9.59 Å². The van der Waals surface area contributed by atoms with Crippen molar-refractivity contribution >= 4 is 34.2 Å². The monoisotopic (exact) mass is 309 g/mol. The van der Waals surface area contributed by atoms with Crippen LogP contribution in [0, 0.1) is 0 Å². The Bertz CT molecular complexity index is 664. The summed E-state index contributed by atoms with van der Waals surface area (Å²) >= 11 is 1.32. The van der Waals surface area contributed by atoms with E-state index in [-0.39, 0.29) is 18.4 Å². The van der Waals surface area contributed by atoms with Gasteiger partial charge in [-0.25, -0.2) is 4.79 Å². The van der Waals surface area contributed by atoms with Crippen molar-refractivity contribution < 1.29 is 14.3 Å². The standard InChI is InChI=1S/C12H15N5O3S/c1-3-6-5-7(11(19)20-4-2)10(21-6)15-9(18)8-14-12(13)17-16-8/h5H,3-4H2,1-2H3,(H,15,18)(H3,13,14,16,17). The number of ether oxygens (including phenoxy) is 1. The Kier molecular flexibility index (Phi) is 4.53. The SMILES string of the molecule is CCOC(=O)c1cc(CC)sc1NC(=O)c1nc(N)n[nH]1. The van der Waals surface area contributed by atoms with Gasteiger partial charge in [0.15, 0.2) is 0 Å². The molecule has 1 amide bonds. The molecule has 0 aromatic carbocycles. The maximum Gasteiger partial charge on any atom is 0.341 e. The van der Waals surface area contributed by atoms with Gasteiger partial charge in [0.25, 0.3) is 5.91 Å². The molecule has 112 valence electrons. The maximum atomic E-state index is 12.0. The minimum atomic E-state index is -0.519. The number of hydrogen-bond acceptors (Lipinski definition) is 7. The fourth-order valence-corrected chi connectivity index (χ4v) is 2.59. The van der Waals surface area contributed by atoms with Crippen LogP contribution in [0.4, 0.5) is 10.9 Å². The van der Waals surface area contributed by atoms with Gasteiger partial charge < -0.3 is 15.8 Å². The predicted octanol–water partition coefficient (Wildman–Crippen LogP) is 1.44. The third-order valence-electron chi connectivity index (χ3n) is 2.57. The molecular formula is C12H15N5O3S. The second-order valence-corrected chi connectivity index (χ2v) is 5.16. The molecule has 0 radical (unpaired) electrons. The molecule has 0 unspecified atom stereocenters. The summed E-state index contributed by atoms with van der Waals surface area (Å²) in [5.74, 6) is -1.03. The molecule has 0 spiro atoms. The number of aromatic amines is 1. The van der Waals surface area contributed by atoms with Gasteiger partial charge in [0, 0.05) is 4.88 Å². The maximum absolute atomic E-state index is 12.0. The van der Waals surface area contributed by atoms with E-state index in [4.69, 9.17) is 10.5 Å². The number of carbonyl (C=O) groups excluding carboxylic acids is 2.